The Kier molecular flexibility index (Phi) is 5.88. The molecule has 1 aromatic heterocycles. The summed E-state index contributed by atoms with van der Waals surface area (Å²) in [6.45, 7) is 0.333. The number of benzene rings is 2. The Morgan fingerprint density at radius 1 is 1.13 bits per heavy atom. The number of amides is 1. The summed E-state index contributed by atoms with van der Waals surface area (Å²) in [5.41, 5.74) is 1.06. The standard InChI is InChI=1S/C22H24N4O4S/c1-25(13-20-23-19-10-6-5-9-18(19)22(28)24-20)14-21(27)26(16-7-3-2-4-8-16)17-11-12-31(29,30)15-17/h2-10,17H,11-15H2,1H3,(H,23,24,28)/t17-/m0/s1. The van der Waals surface area contributed by atoms with Crippen LogP contribution in [0.25, 0.3) is 10.9 Å². The number of H-pyrrole nitrogens is 1. The first-order valence-corrected chi connectivity index (χ1v) is 11.9. The zero-order valence-electron chi connectivity index (χ0n) is 17.2. The average Bonchev–Trinajstić information content (AvgIpc) is 3.08. The van der Waals surface area contributed by atoms with Gasteiger partial charge in [0, 0.05) is 5.69 Å². The molecule has 0 radical (unpaired) electrons. The lowest BCUT2D eigenvalue weighted by Crippen LogP contribution is -2.46. The van der Waals surface area contributed by atoms with Crippen LogP contribution in [0, 0.1) is 0 Å². The van der Waals surface area contributed by atoms with E-state index >= 15 is 0 Å². The van der Waals surface area contributed by atoms with E-state index < -0.39 is 9.84 Å². The first-order valence-electron chi connectivity index (χ1n) is 10.1. The summed E-state index contributed by atoms with van der Waals surface area (Å²) in [5.74, 6) is 0.330. The number of anilines is 1. The second-order valence-electron chi connectivity index (χ2n) is 7.86. The molecule has 0 saturated carbocycles. The number of likely N-dealkylation sites (N-methyl/N-ethyl adjacent to an activating group) is 1. The van der Waals surface area contributed by atoms with Crippen molar-refractivity contribution < 1.29 is 13.2 Å². The van der Waals surface area contributed by atoms with Crippen molar-refractivity contribution in [1.82, 2.24) is 14.9 Å². The van der Waals surface area contributed by atoms with E-state index in [4.69, 9.17) is 0 Å². The molecule has 2 heterocycles. The number of rotatable bonds is 6. The lowest BCUT2D eigenvalue weighted by atomic mass is 10.1. The van der Waals surface area contributed by atoms with E-state index in [9.17, 15) is 18.0 Å². The summed E-state index contributed by atoms with van der Waals surface area (Å²) in [6.07, 6.45) is 0.423. The average molecular weight is 441 g/mol. The van der Waals surface area contributed by atoms with Gasteiger partial charge in [-0.1, -0.05) is 30.3 Å². The van der Waals surface area contributed by atoms with Crippen molar-refractivity contribution in [2.75, 3.05) is 30.0 Å². The van der Waals surface area contributed by atoms with Crippen LogP contribution in [-0.4, -0.2) is 60.3 Å². The lowest BCUT2D eigenvalue weighted by molar-refractivity contribution is -0.120. The molecule has 1 fully saturated rings. The lowest BCUT2D eigenvalue weighted by Gasteiger charge is -2.30. The van der Waals surface area contributed by atoms with Crippen molar-refractivity contribution in [2.24, 2.45) is 0 Å². The molecule has 1 saturated heterocycles. The van der Waals surface area contributed by atoms with E-state index in [1.165, 1.54) is 0 Å². The van der Waals surface area contributed by atoms with E-state index in [2.05, 4.69) is 9.97 Å². The van der Waals surface area contributed by atoms with E-state index in [0.29, 0.717) is 28.8 Å². The Balaban J connectivity index is 1.52. The van der Waals surface area contributed by atoms with Crippen LogP contribution in [0.4, 0.5) is 5.69 Å². The Morgan fingerprint density at radius 2 is 1.84 bits per heavy atom. The fourth-order valence-corrected chi connectivity index (χ4v) is 5.65. The SMILES string of the molecule is CN(CC(=O)N(c1ccccc1)[C@H]1CCS(=O)(=O)C1)Cc1nc2ccccc2c(=O)[nH]1. The number of para-hydroxylation sites is 2. The molecule has 9 heteroatoms. The first-order chi connectivity index (χ1) is 14.8. The fourth-order valence-electron chi connectivity index (χ4n) is 3.95. The molecule has 0 spiro atoms. The number of carbonyl (C=O) groups excluding carboxylic acids is 1. The maximum atomic E-state index is 13.2. The van der Waals surface area contributed by atoms with Crippen LogP contribution in [0.1, 0.15) is 12.2 Å². The third-order valence-electron chi connectivity index (χ3n) is 5.36. The van der Waals surface area contributed by atoms with Gasteiger partial charge in [0.05, 0.1) is 41.5 Å². The highest BCUT2D eigenvalue weighted by Gasteiger charge is 2.35. The third kappa shape index (κ3) is 4.83. The number of carbonyl (C=O) groups is 1. The molecule has 1 aliphatic heterocycles. The minimum absolute atomic E-state index is 0.0309. The number of nitrogens with one attached hydrogen (secondary N) is 1. The van der Waals surface area contributed by atoms with Gasteiger partial charge in [-0.15, -0.1) is 0 Å². The number of aromatic amines is 1. The molecular weight excluding hydrogens is 416 g/mol. The topological polar surface area (TPSA) is 103 Å². The van der Waals surface area contributed by atoms with Crippen molar-refractivity contribution in [1.29, 1.82) is 0 Å². The second kappa shape index (κ2) is 8.60. The number of aromatic nitrogens is 2. The number of hydrogen-bond acceptors (Lipinski definition) is 6. The molecular formula is C22H24N4O4S. The summed E-state index contributed by atoms with van der Waals surface area (Å²) >= 11 is 0. The maximum Gasteiger partial charge on any atom is 0.258 e. The molecule has 31 heavy (non-hydrogen) atoms. The molecule has 3 aromatic rings. The molecule has 0 bridgehead atoms. The number of hydrogen-bond donors (Lipinski definition) is 1. The molecule has 162 valence electrons. The summed E-state index contributed by atoms with van der Waals surface area (Å²) in [5, 5.41) is 0.516. The highest BCUT2D eigenvalue weighted by atomic mass is 32.2. The van der Waals surface area contributed by atoms with Gasteiger partial charge in [-0.2, -0.15) is 0 Å². The van der Waals surface area contributed by atoms with Crippen LogP contribution in [0.15, 0.2) is 59.4 Å². The summed E-state index contributed by atoms with van der Waals surface area (Å²) in [7, 11) is -1.38. The molecule has 1 N–H and O–H groups in total. The molecule has 4 rings (SSSR count). The van der Waals surface area contributed by atoms with Crippen LogP contribution in [0.3, 0.4) is 0 Å². The van der Waals surface area contributed by atoms with Gasteiger partial charge in [-0.05, 0) is 37.7 Å². The number of fused-ring (bicyclic) bond motifs is 1. The highest BCUT2D eigenvalue weighted by molar-refractivity contribution is 7.91. The largest absolute Gasteiger partial charge is 0.309 e. The predicted molar refractivity (Wildman–Crippen MR) is 120 cm³/mol. The van der Waals surface area contributed by atoms with Crippen molar-refractivity contribution in [3.8, 4) is 0 Å². The Bertz CT molecular complexity index is 1260. The van der Waals surface area contributed by atoms with Crippen molar-refractivity contribution in [2.45, 2.75) is 19.0 Å². The zero-order valence-corrected chi connectivity index (χ0v) is 18.0. The van der Waals surface area contributed by atoms with E-state index in [-0.39, 0.29) is 42.1 Å². The molecule has 2 aromatic carbocycles. The van der Waals surface area contributed by atoms with Gasteiger partial charge in [0.15, 0.2) is 9.84 Å². The van der Waals surface area contributed by atoms with Gasteiger partial charge < -0.3 is 9.88 Å². The van der Waals surface area contributed by atoms with Crippen molar-refractivity contribution >= 4 is 32.3 Å². The van der Waals surface area contributed by atoms with Crippen LogP contribution >= 0.6 is 0 Å². The first kappa shape index (κ1) is 21.2. The highest BCUT2D eigenvalue weighted by Crippen LogP contribution is 2.24. The van der Waals surface area contributed by atoms with Gasteiger partial charge in [0.1, 0.15) is 5.82 Å². The predicted octanol–water partition coefficient (Wildman–Crippen LogP) is 1.58. The normalized spacial score (nSPS) is 17.8. The maximum absolute atomic E-state index is 13.2. The monoisotopic (exact) mass is 440 g/mol. The minimum Gasteiger partial charge on any atom is -0.309 e. The molecule has 8 nitrogen and oxygen atoms in total. The smallest absolute Gasteiger partial charge is 0.258 e. The Morgan fingerprint density at radius 3 is 2.55 bits per heavy atom. The third-order valence-corrected chi connectivity index (χ3v) is 7.11. The minimum atomic E-state index is -3.14. The molecule has 0 aliphatic carbocycles. The van der Waals surface area contributed by atoms with Crippen LogP contribution < -0.4 is 10.5 Å². The van der Waals surface area contributed by atoms with Crippen LogP contribution in [0.5, 0.6) is 0 Å². The second-order valence-corrected chi connectivity index (χ2v) is 10.1. The quantitative estimate of drug-likeness (QED) is 0.624. The molecule has 1 atom stereocenters. The Hall–Kier alpha value is -3.04. The van der Waals surface area contributed by atoms with Crippen LogP contribution in [0.2, 0.25) is 0 Å². The van der Waals surface area contributed by atoms with Crippen molar-refractivity contribution in [3.05, 3.63) is 70.8 Å². The Labute approximate surface area is 180 Å². The molecule has 1 aliphatic rings. The van der Waals surface area contributed by atoms with E-state index in [0.717, 1.165) is 0 Å². The zero-order chi connectivity index (χ0) is 22.0. The van der Waals surface area contributed by atoms with E-state index in [1.54, 1.807) is 35.0 Å². The number of sulfone groups is 1. The van der Waals surface area contributed by atoms with Gasteiger partial charge in [-0.25, -0.2) is 13.4 Å². The van der Waals surface area contributed by atoms with Gasteiger partial charge in [-0.3, -0.25) is 14.5 Å². The van der Waals surface area contributed by atoms with Crippen molar-refractivity contribution in [3.63, 3.8) is 0 Å². The molecule has 0 unspecified atom stereocenters. The summed E-state index contributed by atoms with van der Waals surface area (Å²) in [4.78, 5) is 36.1. The number of nitrogens with zero attached hydrogens (tertiary/aromatic N) is 3. The molecule has 1 amide bonds. The van der Waals surface area contributed by atoms with Gasteiger partial charge in [0.2, 0.25) is 5.91 Å². The van der Waals surface area contributed by atoms with Gasteiger partial charge in [0.25, 0.3) is 5.56 Å². The van der Waals surface area contributed by atoms with Crippen LogP contribution in [-0.2, 0) is 21.2 Å². The van der Waals surface area contributed by atoms with E-state index in [1.807, 2.05) is 36.4 Å². The fraction of sp³-hybridized carbons (Fsp3) is 0.318. The summed E-state index contributed by atoms with van der Waals surface area (Å²) in [6, 6.07) is 15.8. The summed E-state index contributed by atoms with van der Waals surface area (Å²) < 4.78 is 24.0. The van der Waals surface area contributed by atoms with Gasteiger partial charge >= 0.3 is 0 Å².